The second kappa shape index (κ2) is 8.92. The van der Waals surface area contributed by atoms with Crippen molar-refractivity contribution in [3.05, 3.63) is 89.7 Å². The van der Waals surface area contributed by atoms with Crippen molar-refractivity contribution in [1.29, 1.82) is 0 Å². The fourth-order valence-corrected chi connectivity index (χ4v) is 2.38. The van der Waals surface area contributed by atoms with E-state index in [2.05, 4.69) is 10.6 Å². The highest BCUT2D eigenvalue weighted by Crippen LogP contribution is 2.21. The van der Waals surface area contributed by atoms with Crippen LogP contribution in [0.1, 0.15) is 10.4 Å². The summed E-state index contributed by atoms with van der Waals surface area (Å²) in [6.07, 6.45) is 0. The van der Waals surface area contributed by atoms with E-state index in [0.717, 1.165) is 6.07 Å². The van der Waals surface area contributed by atoms with Gasteiger partial charge in [0.15, 0.2) is 17.5 Å². The third kappa shape index (κ3) is 5.13. The zero-order valence-electron chi connectivity index (χ0n) is 14.9. The van der Waals surface area contributed by atoms with E-state index in [1.54, 1.807) is 24.3 Å². The minimum absolute atomic E-state index is 0.275. The number of carbonyl (C=O) groups excluding carboxylic acids is 2. The molecule has 2 N–H and O–H groups in total. The van der Waals surface area contributed by atoms with Gasteiger partial charge in [0.2, 0.25) is 5.91 Å². The Hall–Kier alpha value is -3.81. The predicted octanol–water partition coefficient (Wildman–Crippen LogP) is 4.26. The molecule has 0 saturated carbocycles. The van der Waals surface area contributed by atoms with Crippen LogP contribution in [0.2, 0.25) is 0 Å². The van der Waals surface area contributed by atoms with E-state index < -0.39 is 41.5 Å². The Kier molecular flexibility index (Phi) is 6.13. The second-order valence-electron chi connectivity index (χ2n) is 5.89. The molecule has 5 nitrogen and oxygen atoms in total. The number of nitrogens with one attached hydrogen (secondary N) is 2. The molecule has 0 bridgehead atoms. The van der Waals surface area contributed by atoms with E-state index >= 15 is 0 Å². The minimum Gasteiger partial charge on any atom is -0.457 e. The van der Waals surface area contributed by atoms with Crippen molar-refractivity contribution < 1.29 is 27.5 Å². The van der Waals surface area contributed by atoms with Gasteiger partial charge in [-0.2, -0.15) is 0 Å². The smallest absolute Gasteiger partial charge is 0.251 e. The quantitative estimate of drug-likeness (QED) is 0.608. The van der Waals surface area contributed by atoms with E-state index in [1.807, 2.05) is 18.2 Å². The molecule has 0 atom stereocenters. The number of ether oxygens (including phenoxy) is 1. The minimum atomic E-state index is -1.69. The molecule has 2 amide bonds. The third-order valence-electron chi connectivity index (χ3n) is 3.81. The topological polar surface area (TPSA) is 67.4 Å². The van der Waals surface area contributed by atoms with Crippen molar-refractivity contribution in [2.45, 2.75) is 0 Å². The number of anilines is 1. The Balaban J connectivity index is 1.54. The molecule has 0 aliphatic heterocycles. The van der Waals surface area contributed by atoms with Gasteiger partial charge in [0.25, 0.3) is 5.91 Å². The van der Waals surface area contributed by atoms with Crippen molar-refractivity contribution in [2.75, 3.05) is 11.9 Å². The van der Waals surface area contributed by atoms with E-state index in [4.69, 9.17) is 4.74 Å². The lowest BCUT2D eigenvalue weighted by Gasteiger charge is -2.09. The van der Waals surface area contributed by atoms with Gasteiger partial charge in [0.1, 0.15) is 11.5 Å². The number of halogens is 3. The predicted molar refractivity (Wildman–Crippen MR) is 100 cm³/mol. The molecule has 148 valence electrons. The van der Waals surface area contributed by atoms with Crippen LogP contribution in [0.4, 0.5) is 18.9 Å². The molecule has 3 aromatic carbocycles. The molecule has 0 aliphatic rings. The Morgan fingerprint density at radius 1 is 0.793 bits per heavy atom. The zero-order chi connectivity index (χ0) is 20.8. The number of para-hydroxylation sites is 1. The summed E-state index contributed by atoms with van der Waals surface area (Å²) in [5.74, 6) is -4.74. The summed E-state index contributed by atoms with van der Waals surface area (Å²) in [5.41, 5.74) is -0.247. The molecule has 0 aromatic heterocycles. The highest BCUT2D eigenvalue weighted by atomic mass is 19.2. The van der Waals surface area contributed by atoms with Gasteiger partial charge in [-0.05, 0) is 48.5 Å². The number of hydrogen-bond donors (Lipinski definition) is 2. The average molecular weight is 400 g/mol. The fourth-order valence-electron chi connectivity index (χ4n) is 2.38. The zero-order valence-corrected chi connectivity index (χ0v) is 14.9. The summed E-state index contributed by atoms with van der Waals surface area (Å²) in [7, 11) is 0. The lowest BCUT2D eigenvalue weighted by molar-refractivity contribution is -0.115. The molecule has 0 fully saturated rings. The maximum atomic E-state index is 13.6. The maximum absolute atomic E-state index is 13.6. The molecule has 3 aromatic rings. The van der Waals surface area contributed by atoms with Crippen LogP contribution in [-0.4, -0.2) is 18.4 Å². The lowest BCUT2D eigenvalue weighted by atomic mass is 10.2. The Morgan fingerprint density at radius 3 is 2.14 bits per heavy atom. The first-order chi connectivity index (χ1) is 13.9. The van der Waals surface area contributed by atoms with Crippen molar-refractivity contribution in [1.82, 2.24) is 5.32 Å². The van der Waals surface area contributed by atoms with Crippen LogP contribution < -0.4 is 15.4 Å². The molecular formula is C21H15F3N2O3. The van der Waals surface area contributed by atoms with Gasteiger partial charge in [-0.1, -0.05) is 18.2 Å². The summed E-state index contributed by atoms with van der Waals surface area (Å²) < 4.78 is 45.2. The van der Waals surface area contributed by atoms with Gasteiger partial charge >= 0.3 is 0 Å². The molecule has 0 radical (unpaired) electrons. The SMILES string of the molecule is O=C(CNC(=O)c1ccc(Oc2ccccc2)cc1)Nc1ccc(F)c(F)c1F. The van der Waals surface area contributed by atoms with Gasteiger partial charge in [0, 0.05) is 5.56 Å². The van der Waals surface area contributed by atoms with E-state index in [-0.39, 0.29) is 5.56 Å². The number of hydrogen-bond acceptors (Lipinski definition) is 3. The third-order valence-corrected chi connectivity index (χ3v) is 3.81. The Bertz CT molecular complexity index is 1030. The summed E-state index contributed by atoms with van der Waals surface area (Å²) in [5, 5.41) is 4.42. The van der Waals surface area contributed by atoms with Crippen LogP contribution in [0, 0.1) is 17.5 Å². The Labute approximate surface area is 164 Å². The summed E-state index contributed by atoms with van der Waals surface area (Å²) >= 11 is 0. The highest BCUT2D eigenvalue weighted by molar-refractivity contribution is 5.99. The van der Waals surface area contributed by atoms with Crippen molar-refractivity contribution in [3.63, 3.8) is 0 Å². The van der Waals surface area contributed by atoms with Crippen LogP contribution in [0.25, 0.3) is 0 Å². The largest absolute Gasteiger partial charge is 0.457 e. The monoisotopic (exact) mass is 400 g/mol. The van der Waals surface area contributed by atoms with E-state index in [1.165, 1.54) is 12.1 Å². The van der Waals surface area contributed by atoms with Crippen LogP contribution in [0.3, 0.4) is 0 Å². The van der Waals surface area contributed by atoms with Crippen LogP contribution in [-0.2, 0) is 4.79 Å². The van der Waals surface area contributed by atoms with Gasteiger partial charge < -0.3 is 15.4 Å². The number of benzene rings is 3. The molecule has 0 heterocycles. The van der Waals surface area contributed by atoms with E-state index in [0.29, 0.717) is 17.6 Å². The lowest BCUT2D eigenvalue weighted by Crippen LogP contribution is -2.33. The van der Waals surface area contributed by atoms with Gasteiger partial charge in [-0.3, -0.25) is 9.59 Å². The standard InChI is InChI=1S/C21H15F3N2O3/c22-16-10-11-17(20(24)19(16)23)26-18(27)12-25-21(28)13-6-8-15(9-7-13)29-14-4-2-1-3-5-14/h1-11H,12H2,(H,25,28)(H,26,27). The van der Waals surface area contributed by atoms with Gasteiger partial charge in [-0.15, -0.1) is 0 Å². The molecule has 8 heteroatoms. The Morgan fingerprint density at radius 2 is 1.45 bits per heavy atom. The van der Waals surface area contributed by atoms with Crippen LogP contribution in [0.15, 0.2) is 66.7 Å². The summed E-state index contributed by atoms with van der Waals surface area (Å²) in [6, 6.07) is 16.9. The summed E-state index contributed by atoms with van der Waals surface area (Å²) in [6.45, 7) is -0.487. The van der Waals surface area contributed by atoms with Crippen molar-refractivity contribution >= 4 is 17.5 Å². The van der Waals surface area contributed by atoms with Crippen molar-refractivity contribution in [3.8, 4) is 11.5 Å². The van der Waals surface area contributed by atoms with Gasteiger partial charge in [-0.25, -0.2) is 13.2 Å². The first kappa shape index (κ1) is 19.9. The highest BCUT2D eigenvalue weighted by Gasteiger charge is 2.16. The summed E-state index contributed by atoms with van der Waals surface area (Å²) in [4.78, 5) is 23.9. The van der Waals surface area contributed by atoms with Crippen molar-refractivity contribution in [2.24, 2.45) is 0 Å². The molecule has 0 saturated heterocycles. The van der Waals surface area contributed by atoms with Crippen LogP contribution >= 0.6 is 0 Å². The molecule has 0 unspecified atom stereocenters. The van der Waals surface area contributed by atoms with Gasteiger partial charge in [0.05, 0.1) is 12.2 Å². The molecule has 0 aliphatic carbocycles. The van der Waals surface area contributed by atoms with E-state index in [9.17, 15) is 22.8 Å². The number of carbonyl (C=O) groups is 2. The molecular weight excluding hydrogens is 385 g/mol. The van der Waals surface area contributed by atoms with Crippen LogP contribution in [0.5, 0.6) is 11.5 Å². The molecule has 0 spiro atoms. The maximum Gasteiger partial charge on any atom is 0.251 e. The normalized spacial score (nSPS) is 10.3. The number of amides is 2. The number of rotatable bonds is 6. The second-order valence-corrected chi connectivity index (χ2v) is 5.89. The molecule has 3 rings (SSSR count). The first-order valence-corrected chi connectivity index (χ1v) is 8.48. The first-order valence-electron chi connectivity index (χ1n) is 8.48. The molecule has 29 heavy (non-hydrogen) atoms. The fraction of sp³-hybridized carbons (Fsp3) is 0.0476. The average Bonchev–Trinajstić information content (AvgIpc) is 2.74.